The third kappa shape index (κ3) is 3.16. The second-order valence-electron chi connectivity index (χ2n) is 4.05. The fourth-order valence-electron chi connectivity index (χ4n) is 1.65. The Morgan fingerprint density at radius 2 is 1.32 bits per heavy atom. The van der Waals surface area contributed by atoms with Crippen molar-refractivity contribution in [2.45, 2.75) is 0 Å². The summed E-state index contributed by atoms with van der Waals surface area (Å²) in [6.07, 6.45) is 0. The van der Waals surface area contributed by atoms with Gasteiger partial charge in [0.05, 0.1) is 37.6 Å². The maximum Gasteiger partial charge on any atom is 0.103 e. The highest BCUT2D eigenvalue weighted by atomic mass is 35.5. The van der Waals surface area contributed by atoms with Gasteiger partial charge >= 0.3 is 0 Å². The molecule has 0 saturated carbocycles. The largest absolute Gasteiger partial charge is 0.301 e. The first-order chi connectivity index (χ1) is 10.5. The van der Waals surface area contributed by atoms with Gasteiger partial charge in [0.2, 0.25) is 0 Å². The van der Waals surface area contributed by atoms with Crippen molar-refractivity contribution in [1.82, 2.24) is 0 Å². The molecule has 0 aliphatic heterocycles. The van der Waals surface area contributed by atoms with Crippen LogP contribution in [0, 0.1) is 22.7 Å². The summed E-state index contributed by atoms with van der Waals surface area (Å²) in [5.41, 5.74) is 6.48. The van der Waals surface area contributed by atoms with Crippen molar-refractivity contribution < 1.29 is 0 Å². The Kier molecular flexibility index (Phi) is 5.24. The van der Waals surface area contributed by atoms with E-state index >= 15 is 0 Å². The Morgan fingerprint density at radius 3 is 1.86 bits per heavy atom. The molecule has 0 fully saturated rings. The summed E-state index contributed by atoms with van der Waals surface area (Å²) in [5, 5.41) is 18.8. The van der Waals surface area contributed by atoms with E-state index in [4.69, 9.17) is 51.7 Å². The zero-order valence-corrected chi connectivity index (χ0v) is 13.7. The molecule has 0 aromatic heterocycles. The van der Waals surface area contributed by atoms with Gasteiger partial charge in [0.15, 0.2) is 0 Å². The number of nitrogens with zero attached hydrogens (tertiary/aromatic N) is 2. The lowest BCUT2D eigenvalue weighted by molar-refractivity contribution is 1.37. The SMILES string of the molecule is N#Cc1c(Cl)c(Cl)c(NNc2ccc(Cl)cc2)c(C#N)c1Cl. The highest BCUT2D eigenvalue weighted by Crippen LogP contribution is 2.41. The van der Waals surface area contributed by atoms with E-state index in [9.17, 15) is 5.26 Å². The van der Waals surface area contributed by atoms with Crippen LogP contribution in [-0.2, 0) is 0 Å². The molecule has 0 spiro atoms. The normalized spacial score (nSPS) is 9.73. The van der Waals surface area contributed by atoms with Gasteiger partial charge in [0, 0.05) is 5.02 Å². The van der Waals surface area contributed by atoms with Crippen LogP contribution in [-0.4, -0.2) is 0 Å². The van der Waals surface area contributed by atoms with Crippen molar-refractivity contribution >= 4 is 57.8 Å². The van der Waals surface area contributed by atoms with Gasteiger partial charge in [-0.1, -0.05) is 46.4 Å². The Bertz CT molecular complexity index is 804. The van der Waals surface area contributed by atoms with Gasteiger partial charge in [0.1, 0.15) is 12.1 Å². The predicted molar refractivity (Wildman–Crippen MR) is 89.6 cm³/mol. The fraction of sp³-hybridized carbons (Fsp3) is 0. The number of rotatable bonds is 3. The second kappa shape index (κ2) is 6.96. The molecule has 8 heteroatoms. The number of nitriles is 2. The van der Waals surface area contributed by atoms with Gasteiger partial charge in [-0.25, -0.2) is 0 Å². The maximum atomic E-state index is 9.24. The van der Waals surface area contributed by atoms with Gasteiger partial charge in [-0.2, -0.15) is 10.5 Å². The van der Waals surface area contributed by atoms with Crippen molar-refractivity contribution in [2.24, 2.45) is 0 Å². The number of halogens is 4. The lowest BCUT2D eigenvalue weighted by atomic mass is 10.1. The maximum absolute atomic E-state index is 9.24. The summed E-state index contributed by atoms with van der Waals surface area (Å²) in [6, 6.07) is 10.6. The van der Waals surface area contributed by atoms with E-state index in [-0.39, 0.29) is 31.9 Å². The van der Waals surface area contributed by atoms with Crippen LogP contribution < -0.4 is 10.9 Å². The average Bonchev–Trinajstić information content (AvgIpc) is 2.51. The molecule has 0 radical (unpaired) electrons. The van der Waals surface area contributed by atoms with Crippen LogP contribution in [0.3, 0.4) is 0 Å². The lowest BCUT2D eigenvalue weighted by Crippen LogP contribution is -2.11. The van der Waals surface area contributed by atoms with Crippen LogP contribution in [0.2, 0.25) is 20.1 Å². The molecule has 0 aliphatic carbocycles. The minimum absolute atomic E-state index is 0.0198. The summed E-state index contributed by atoms with van der Waals surface area (Å²) in [6.45, 7) is 0. The van der Waals surface area contributed by atoms with E-state index in [2.05, 4.69) is 10.9 Å². The molecule has 0 aliphatic rings. The lowest BCUT2D eigenvalue weighted by Gasteiger charge is -2.15. The first kappa shape index (κ1) is 16.5. The van der Waals surface area contributed by atoms with Gasteiger partial charge in [0.25, 0.3) is 0 Å². The molecule has 4 nitrogen and oxygen atoms in total. The zero-order chi connectivity index (χ0) is 16.3. The smallest absolute Gasteiger partial charge is 0.103 e. The zero-order valence-electron chi connectivity index (χ0n) is 10.7. The monoisotopic (exact) mass is 370 g/mol. The second-order valence-corrected chi connectivity index (χ2v) is 5.62. The number of hydrogen-bond acceptors (Lipinski definition) is 4. The van der Waals surface area contributed by atoms with E-state index in [0.29, 0.717) is 10.7 Å². The van der Waals surface area contributed by atoms with Gasteiger partial charge in [-0.05, 0) is 24.3 Å². The van der Waals surface area contributed by atoms with Gasteiger partial charge in [-0.3, -0.25) is 5.43 Å². The number of anilines is 2. The molecular weight excluding hydrogens is 366 g/mol. The molecule has 2 aromatic rings. The minimum atomic E-state index is -0.0557. The Morgan fingerprint density at radius 1 is 0.727 bits per heavy atom. The Labute approximate surface area is 146 Å². The molecule has 22 heavy (non-hydrogen) atoms. The first-order valence-corrected chi connectivity index (χ1v) is 7.29. The van der Waals surface area contributed by atoms with Crippen LogP contribution in [0.5, 0.6) is 0 Å². The third-order valence-corrected chi connectivity index (χ3v) is 4.20. The van der Waals surface area contributed by atoms with Crippen LogP contribution in [0.25, 0.3) is 0 Å². The average molecular weight is 372 g/mol. The van der Waals surface area contributed by atoms with E-state index in [1.165, 1.54) is 0 Å². The van der Waals surface area contributed by atoms with Crippen LogP contribution in [0.1, 0.15) is 11.1 Å². The van der Waals surface area contributed by atoms with Crippen molar-refractivity contribution in [3.63, 3.8) is 0 Å². The summed E-state index contributed by atoms with van der Waals surface area (Å²) in [5.74, 6) is 0. The summed E-state index contributed by atoms with van der Waals surface area (Å²) in [4.78, 5) is 0. The number of hydrazine groups is 1. The molecule has 0 unspecified atom stereocenters. The van der Waals surface area contributed by atoms with E-state index < -0.39 is 0 Å². The van der Waals surface area contributed by atoms with E-state index in [1.54, 1.807) is 24.3 Å². The number of hydrogen-bond donors (Lipinski definition) is 2. The van der Waals surface area contributed by atoms with Crippen LogP contribution in [0.4, 0.5) is 11.4 Å². The van der Waals surface area contributed by atoms with Crippen molar-refractivity contribution in [3.05, 3.63) is 55.5 Å². The number of benzene rings is 2. The first-order valence-electron chi connectivity index (χ1n) is 5.77. The molecule has 0 saturated heterocycles. The molecule has 0 heterocycles. The molecule has 2 rings (SSSR count). The highest BCUT2D eigenvalue weighted by Gasteiger charge is 2.21. The van der Waals surface area contributed by atoms with Crippen molar-refractivity contribution in [3.8, 4) is 12.1 Å². The fourth-order valence-corrected chi connectivity index (χ4v) is 2.56. The quantitative estimate of drug-likeness (QED) is 0.553. The number of nitrogens with one attached hydrogen (secondary N) is 2. The third-order valence-electron chi connectivity index (χ3n) is 2.72. The summed E-state index contributed by atoms with van der Waals surface area (Å²) in [7, 11) is 0. The standard InChI is InChI=1S/C14H6Cl4N4/c15-7-1-3-8(4-2-7)21-22-14-10(6-20)11(16)9(5-19)12(17)13(14)18/h1-4,21-22H. The van der Waals surface area contributed by atoms with Crippen molar-refractivity contribution in [1.29, 1.82) is 10.5 Å². The molecule has 2 aromatic carbocycles. The predicted octanol–water partition coefficient (Wildman–Crippen LogP) is 5.48. The molecule has 0 bridgehead atoms. The molecule has 110 valence electrons. The summed E-state index contributed by atoms with van der Waals surface area (Å²) < 4.78 is 0. The van der Waals surface area contributed by atoms with E-state index in [0.717, 1.165) is 0 Å². The van der Waals surface area contributed by atoms with E-state index in [1.807, 2.05) is 12.1 Å². The summed E-state index contributed by atoms with van der Waals surface area (Å²) >= 11 is 23.9. The van der Waals surface area contributed by atoms with Crippen molar-refractivity contribution in [2.75, 3.05) is 10.9 Å². The van der Waals surface area contributed by atoms with Crippen LogP contribution in [0.15, 0.2) is 24.3 Å². The highest BCUT2D eigenvalue weighted by molar-refractivity contribution is 6.46. The van der Waals surface area contributed by atoms with Crippen LogP contribution >= 0.6 is 46.4 Å². The van der Waals surface area contributed by atoms with Gasteiger partial charge < -0.3 is 5.43 Å². The van der Waals surface area contributed by atoms with Gasteiger partial charge in [-0.15, -0.1) is 0 Å². The topological polar surface area (TPSA) is 71.6 Å². The minimum Gasteiger partial charge on any atom is -0.301 e. The molecule has 2 N–H and O–H groups in total. The molecule has 0 amide bonds. The Hall–Kier alpha value is -1.82. The molecular formula is C14H6Cl4N4. The Balaban J connectivity index is 2.41. The molecule has 0 atom stereocenters.